The summed E-state index contributed by atoms with van der Waals surface area (Å²) in [6.45, 7) is 5.42. The monoisotopic (exact) mass is 272 g/mol. The molecule has 1 aromatic carbocycles. The first-order valence-corrected chi connectivity index (χ1v) is 5.81. The Morgan fingerprint density at radius 3 is 2.78 bits per heavy atom. The number of nitrogens with two attached hydrogens (primary N) is 1. The Hall–Kier alpha value is -1.26. The van der Waals surface area contributed by atoms with E-state index in [1.165, 1.54) is 5.56 Å². The van der Waals surface area contributed by atoms with Crippen LogP contribution in [-0.4, -0.2) is 25.6 Å². The fourth-order valence-corrected chi connectivity index (χ4v) is 1.43. The Morgan fingerprint density at radius 2 is 2.11 bits per heavy atom. The van der Waals surface area contributed by atoms with Gasteiger partial charge in [-0.05, 0) is 31.0 Å². The number of aryl methyl sites for hydroxylation is 1. The van der Waals surface area contributed by atoms with Crippen molar-refractivity contribution < 1.29 is 9.53 Å². The average molecular weight is 273 g/mol. The molecule has 0 spiro atoms. The number of carbonyl (C=O) groups is 1. The van der Waals surface area contributed by atoms with E-state index in [0.717, 1.165) is 11.3 Å². The molecule has 1 aromatic rings. The average Bonchev–Trinajstić information content (AvgIpc) is 2.32. The largest absolute Gasteiger partial charge is 0.493 e. The van der Waals surface area contributed by atoms with Crippen LogP contribution in [0.3, 0.4) is 0 Å². The van der Waals surface area contributed by atoms with Crippen LogP contribution in [0, 0.1) is 13.8 Å². The zero-order valence-corrected chi connectivity index (χ0v) is 11.7. The highest BCUT2D eigenvalue weighted by Crippen LogP contribution is 2.20. The van der Waals surface area contributed by atoms with Crippen molar-refractivity contribution in [3.8, 4) is 5.75 Å². The van der Waals surface area contributed by atoms with Crippen molar-refractivity contribution in [2.24, 2.45) is 5.73 Å². The van der Waals surface area contributed by atoms with Gasteiger partial charge in [0.05, 0.1) is 13.0 Å². The van der Waals surface area contributed by atoms with E-state index >= 15 is 0 Å². The topological polar surface area (TPSA) is 64.3 Å². The van der Waals surface area contributed by atoms with Gasteiger partial charge >= 0.3 is 0 Å². The molecule has 0 fully saturated rings. The van der Waals surface area contributed by atoms with Crippen LogP contribution >= 0.6 is 12.4 Å². The first-order chi connectivity index (χ1) is 8.15. The minimum absolute atomic E-state index is 0. The summed E-state index contributed by atoms with van der Waals surface area (Å²) in [5.74, 6) is 0.817. The van der Waals surface area contributed by atoms with Gasteiger partial charge in [-0.25, -0.2) is 0 Å². The third-order valence-corrected chi connectivity index (χ3v) is 2.61. The minimum atomic E-state index is -0.0271. The van der Waals surface area contributed by atoms with Crippen LogP contribution in [0.4, 0.5) is 0 Å². The van der Waals surface area contributed by atoms with E-state index in [-0.39, 0.29) is 18.3 Å². The van der Waals surface area contributed by atoms with Gasteiger partial charge in [-0.15, -0.1) is 12.4 Å². The molecule has 0 heterocycles. The summed E-state index contributed by atoms with van der Waals surface area (Å²) in [6, 6.07) is 5.91. The van der Waals surface area contributed by atoms with E-state index in [9.17, 15) is 4.79 Å². The lowest BCUT2D eigenvalue weighted by molar-refractivity contribution is -0.121. The van der Waals surface area contributed by atoms with Gasteiger partial charge in [0, 0.05) is 13.1 Å². The van der Waals surface area contributed by atoms with E-state index < -0.39 is 0 Å². The van der Waals surface area contributed by atoms with E-state index in [0.29, 0.717) is 26.1 Å². The highest BCUT2D eigenvalue weighted by Gasteiger charge is 2.04. The van der Waals surface area contributed by atoms with E-state index in [1.807, 2.05) is 32.0 Å². The van der Waals surface area contributed by atoms with Crippen molar-refractivity contribution in [1.29, 1.82) is 0 Å². The molecule has 0 radical (unpaired) electrons. The van der Waals surface area contributed by atoms with Gasteiger partial charge in [0.2, 0.25) is 5.91 Å². The summed E-state index contributed by atoms with van der Waals surface area (Å²) >= 11 is 0. The molecule has 0 saturated carbocycles. The number of nitrogens with one attached hydrogen (secondary N) is 1. The Balaban J connectivity index is 0.00000289. The van der Waals surface area contributed by atoms with Crippen molar-refractivity contribution in [1.82, 2.24) is 5.32 Å². The van der Waals surface area contributed by atoms with Crippen LogP contribution in [0.15, 0.2) is 18.2 Å². The van der Waals surface area contributed by atoms with E-state index in [1.54, 1.807) is 0 Å². The summed E-state index contributed by atoms with van der Waals surface area (Å²) < 4.78 is 5.58. The van der Waals surface area contributed by atoms with Crippen molar-refractivity contribution in [2.45, 2.75) is 20.3 Å². The maximum absolute atomic E-state index is 11.3. The first-order valence-electron chi connectivity index (χ1n) is 5.81. The molecule has 0 saturated heterocycles. The second kappa shape index (κ2) is 8.78. The smallest absolute Gasteiger partial charge is 0.223 e. The summed E-state index contributed by atoms with van der Waals surface area (Å²) in [4.78, 5) is 11.3. The van der Waals surface area contributed by atoms with Crippen molar-refractivity contribution in [3.05, 3.63) is 29.3 Å². The molecule has 0 aliphatic carbocycles. The summed E-state index contributed by atoms with van der Waals surface area (Å²) in [6.07, 6.45) is 0.355. The van der Waals surface area contributed by atoms with Crippen LogP contribution in [0.1, 0.15) is 17.5 Å². The number of halogens is 1. The van der Waals surface area contributed by atoms with Crippen LogP contribution in [0.25, 0.3) is 0 Å². The number of rotatable bonds is 6. The fraction of sp³-hybridized carbons (Fsp3) is 0.462. The van der Waals surface area contributed by atoms with E-state index in [4.69, 9.17) is 10.5 Å². The number of carbonyl (C=O) groups excluding carboxylic acids is 1. The molecule has 0 aromatic heterocycles. The first kappa shape index (κ1) is 16.7. The number of ether oxygens (including phenoxy) is 1. The number of hydrogen-bond donors (Lipinski definition) is 2. The molecule has 0 unspecified atom stereocenters. The van der Waals surface area contributed by atoms with Gasteiger partial charge in [0.25, 0.3) is 0 Å². The molecule has 18 heavy (non-hydrogen) atoms. The molecule has 0 aliphatic rings. The van der Waals surface area contributed by atoms with E-state index in [2.05, 4.69) is 5.32 Å². The van der Waals surface area contributed by atoms with Crippen molar-refractivity contribution >= 4 is 18.3 Å². The van der Waals surface area contributed by atoms with Crippen LogP contribution < -0.4 is 15.8 Å². The normalized spacial score (nSPS) is 9.50. The third kappa shape index (κ3) is 5.38. The fourth-order valence-electron chi connectivity index (χ4n) is 1.43. The Labute approximate surface area is 114 Å². The lowest BCUT2D eigenvalue weighted by Crippen LogP contribution is -2.29. The predicted octanol–water partition coefficient (Wildman–Crippen LogP) is 1.57. The van der Waals surface area contributed by atoms with Gasteiger partial charge < -0.3 is 15.8 Å². The van der Waals surface area contributed by atoms with Crippen LogP contribution in [0.5, 0.6) is 5.75 Å². The van der Waals surface area contributed by atoms with Crippen molar-refractivity contribution in [3.63, 3.8) is 0 Å². The van der Waals surface area contributed by atoms with Gasteiger partial charge in [0.15, 0.2) is 0 Å². The Bertz CT molecular complexity index is 383. The lowest BCUT2D eigenvalue weighted by atomic mass is 10.1. The van der Waals surface area contributed by atoms with Gasteiger partial charge in [-0.3, -0.25) is 4.79 Å². The number of amides is 1. The molecule has 1 rings (SSSR count). The quantitative estimate of drug-likeness (QED) is 0.826. The van der Waals surface area contributed by atoms with Crippen LogP contribution in [-0.2, 0) is 4.79 Å². The molecule has 1 amide bonds. The van der Waals surface area contributed by atoms with Gasteiger partial charge in [0.1, 0.15) is 5.75 Å². The second-order valence-electron chi connectivity index (χ2n) is 3.94. The predicted molar refractivity (Wildman–Crippen MR) is 75.3 cm³/mol. The SMILES string of the molecule is Cc1cccc(OCCC(=O)NCCN)c1C.Cl. The molecular weight excluding hydrogens is 252 g/mol. The van der Waals surface area contributed by atoms with Gasteiger partial charge in [-0.2, -0.15) is 0 Å². The second-order valence-corrected chi connectivity index (χ2v) is 3.94. The Kier molecular flexibility index (Phi) is 8.16. The molecule has 4 nitrogen and oxygen atoms in total. The lowest BCUT2D eigenvalue weighted by Gasteiger charge is -2.10. The third-order valence-electron chi connectivity index (χ3n) is 2.61. The van der Waals surface area contributed by atoms with Gasteiger partial charge in [-0.1, -0.05) is 12.1 Å². The number of hydrogen-bond acceptors (Lipinski definition) is 3. The molecule has 5 heteroatoms. The summed E-state index contributed by atoms with van der Waals surface area (Å²) in [7, 11) is 0. The highest BCUT2D eigenvalue weighted by atomic mass is 35.5. The van der Waals surface area contributed by atoms with Crippen molar-refractivity contribution in [2.75, 3.05) is 19.7 Å². The zero-order chi connectivity index (χ0) is 12.7. The highest BCUT2D eigenvalue weighted by molar-refractivity contribution is 5.85. The molecule has 0 atom stereocenters. The molecule has 0 bridgehead atoms. The van der Waals surface area contributed by atoms with Crippen LogP contribution in [0.2, 0.25) is 0 Å². The zero-order valence-electron chi connectivity index (χ0n) is 10.9. The molecule has 102 valence electrons. The maximum atomic E-state index is 11.3. The standard InChI is InChI=1S/C13H20N2O2.ClH/c1-10-4-3-5-12(11(10)2)17-9-6-13(16)15-8-7-14;/h3-5H,6-9,14H2,1-2H3,(H,15,16);1H. The maximum Gasteiger partial charge on any atom is 0.223 e. The molecule has 0 aliphatic heterocycles. The summed E-state index contributed by atoms with van der Waals surface area (Å²) in [5, 5.41) is 2.70. The summed E-state index contributed by atoms with van der Waals surface area (Å²) in [5.41, 5.74) is 7.60. The molecular formula is C13H21ClN2O2. The minimum Gasteiger partial charge on any atom is -0.493 e. The molecule has 3 N–H and O–H groups in total. The Morgan fingerprint density at radius 1 is 1.39 bits per heavy atom. The number of benzene rings is 1.